The Morgan fingerprint density at radius 1 is 0.826 bits per heavy atom. The molecule has 1 aromatic rings. The topological polar surface area (TPSA) is 280 Å². The van der Waals surface area contributed by atoms with E-state index in [1.165, 1.54) is 0 Å². The number of aliphatic carboxylic acids is 1. The van der Waals surface area contributed by atoms with Gasteiger partial charge in [-0.05, 0) is 30.7 Å². The van der Waals surface area contributed by atoms with E-state index in [4.69, 9.17) is 28.0 Å². The maximum absolute atomic E-state index is 13.6. The van der Waals surface area contributed by atoms with Crippen LogP contribution in [0.25, 0.3) is 0 Å². The molecular weight excluding hydrogens is 598 g/mol. The maximum Gasteiger partial charge on any atom is 0.304 e. The molecule has 0 spiro atoms. The predicted octanol–water partition coefficient (Wildman–Crippen LogP) is -0.815. The van der Waals surface area contributed by atoms with Gasteiger partial charge in [0.2, 0.25) is 17.7 Å². The highest BCUT2D eigenvalue weighted by molar-refractivity contribution is 5.95. The first kappa shape index (κ1) is 39.4. The monoisotopic (exact) mass is 645 g/mol. The molecule has 1 aromatic carbocycles. The largest absolute Gasteiger partial charge is 0.481 e. The van der Waals surface area contributed by atoms with Gasteiger partial charge >= 0.3 is 5.97 Å². The Morgan fingerprint density at radius 3 is 2.00 bits per heavy atom. The van der Waals surface area contributed by atoms with E-state index in [0.717, 1.165) is 5.56 Å². The van der Waals surface area contributed by atoms with Crippen molar-refractivity contribution < 1.29 is 38.7 Å². The number of rotatable bonds is 23. The number of aliphatic imine (C=N–C) groups is 1. The third-order valence-electron chi connectivity index (χ3n) is 7.29. The summed E-state index contributed by atoms with van der Waals surface area (Å²) in [4.78, 5) is 91.2. The zero-order valence-electron chi connectivity index (χ0n) is 26.4. The van der Waals surface area contributed by atoms with Crippen molar-refractivity contribution in [3.05, 3.63) is 35.9 Å². The van der Waals surface area contributed by atoms with E-state index in [1.807, 2.05) is 30.3 Å². The second-order valence-electron chi connectivity index (χ2n) is 11.5. The van der Waals surface area contributed by atoms with Crippen molar-refractivity contribution in [1.82, 2.24) is 10.6 Å². The van der Waals surface area contributed by atoms with Gasteiger partial charge in [0.25, 0.3) is 0 Å². The Hall–Kier alpha value is -4.66. The van der Waals surface area contributed by atoms with Crippen LogP contribution < -0.4 is 33.6 Å². The van der Waals surface area contributed by atoms with Crippen molar-refractivity contribution in [2.45, 2.75) is 64.8 Å². The Balaban J connectivity index is 3.07. The maximum atomic E-state index is 13.6. The van der Waals surface area contributed by atoms with Crippen LogP contribution in [-0.4, -0.2) is 77.8 Å². The summed E-state index contributed by atoms with van der Waals surface area (Å²) in [6, 6.07) is 8.12. The number of Topliss-reactive ketones (excluding diaryl/α,β-unsaturated/α-hetero) is 3. The van der Waals surface area contributed by atoms with E-state index < -0.39 is 78.4 Å². The average Bonchev–Trinajstić information content (AvgIpc) is 2.99. The van der Waals surface area contributed by atoms with Crippen LogP contribution >= 0.6 is 0 Å². The molecule has 15 nitrogen and oxygen atoms in total. The summed E-state index contributed by atoms with van der Waals surface area (Å²) >= 11 is 0. The fraction of sp³-hybridized carbons (Fsp3) is 0.548. The summed E-state index contributed by atoms with van der Waals surface area (Å²) in [6.45, 7) is 2.90. The second-order valence-corrected chi connectivity index (χ2v) is 11.5. The van der Waals surface area contributed by atoms with Gasteiger partial charge in [-0.2, -0.15) is 0 Å². The number of hydrogen-bond acceptors (Lipinski definition) is 9. The molecule has 0 saturated heterocycles. The molecule has 0 fully saturated rings. The number of nitrogens with two attached hydrogens (primary N) is 4. The lowest BCUT2D eigenvalue weighted by Gasteiger charge is -2.26. The highest BCUT2D eigenvalue weighted by Crippen LogP contribution is 2.19. The number of benzene rings is 1. The SMILES string of the molecule is CC(C)[C@H](NC(=O)[C@H](CC(=O)CN)Cc1ccccc1)C(=O)C[C@@H](CCCN=C(N)N)C(=O)NCC(=O)C[C@@H](CC(=O)O)C(N)=O. The number of carboxylic acid groups (broad SMARTS) is 1. The number of nitrogens with zero attached hydrogens (tertiary/aromatic N) is 1. The molecular formula is C31H47N7O8. The number of guanidine groups is 1. The van der Waals surface area contributed by atoms with Crippen molar-refractivity contribution in [3.8, 4) is 0 Å². The highest BCUT2D eigenvalue weighted by Gasteiger charge is 2.32. The standard InChI is InChI=1S/C31H47N7O8/c1-18(2)27(38-30(46)22(13-23(39)16-32)11-19-7-4-3-5-8-19)25(41)14-20(9-6-10-36-31(34)35)29(45)37-17-24(40)12-21(28(33)44)15-26(42)43/h3-5,7-8,18,20-22,27H,6,9-17,32H2,1-2H3,(H2,33,44)(H,37,45)(H,38,46)(H,42,43)(H4,34,35,36)/t20-,21+,22+,27+/m1/s1. The smallest absolute Gasteiger partial charge is 0.304 e. The molecule has 0 bridgehead atoms. The van der Waals surface area contributed by atoms with Crippen molar-refractivity contribution in [1.29, 1.82) is 0 Å². The fourth-order valence-electron chi connectivity index (χ4n) is 4.81. The van der Waals surface area contributed by atoms with Crippen molar-refractivity contribution in [3.63, 3.8) is 0 Å². The lowest BCUT2D eigenvalue weighted by Crippen LogP contribution is -2.48. The Morgan fingerprint density at radius 2 is 1.46 bits per heavy atom. The van der Waals surface area contributed by atoms with Crippen LogP contribution in [0.2, 0.25) is 0 Å². The summed E-state index contributed by atoms with van der Waals surface area (Å²) in [5, 5.41) is 14.2. The molecule has 254 valence electrons. The number of hydrogen-bond donors (Lipinski definition) is 7. The molecule has 0 aliphatic rings. The van der Waals surface area contributed by atoms with E-state index in [9.17, 15) is 33.6 Å². The molecule has 11 N–H and O–H groups in total. The molecule has 0 saturated carbocycles. The molecule has 0 heterocycles. The zero-order valence-corrected chi connectivity index (χ0v) is 26.4. The quantitative estimate of drug-likeness (QED) is 0.0439. The number of carbonyl (C=O) groups excluding carboxylic acids is 6. The van der Waals surface area contributed by atoms with E-state index >= 15 is 0 Å². The first-order valence-electron chi connectivity index (χ1n) is 15.1. The first-order chi connectivity index (χ1) is 21.6. The summed E-state index contributed by atoms with van der Waals surface area (Å²) < 4.78 is 0. The normalized spacial score (nSPS) is 13.5. The third-order valence-corrected chi connectivity index (χ3v) is 7.29. The molecule has 0 radical (unpaired) electrons. The molecule has 15 heteroatoms. The van der Waals surface area contributed by atoms with Crippen LogP contribution in [-0.2, 0) is 40.0 Å². The van der Waals surface area contributed by atoms with Gasteiger partial charge in [-0.15, -0.1) is 0 Å². The van der Waals surface area contributed by atoms with Gasteiger partial charge in [0.05, 0.1) is 31.5 Å². The second kappa shape index (κ2) is 20.4. The van der Waals surface area contributed by atoms with Crippen LogP contribution in [0.15, 0.2) is 35.3 Å². The Kier molecular flexibility index (Phi) is 17.4. The summed E-state index contributed by atoms with van der Waals surface area (Å²) in [5.41, 5.74) is 22.3. The van der Waals surface area contributed by atoms with Gasteiger partial charge in [0.1, 0.15) is 5.78 Å². The minimum Gasteiger partial charge on any atom is -0.481 e. The molecule has 0 aliphatic heterocycles. The van der Waals surface area contributed by atoms with Crippen molar-refractivity contribution in [2.75, 3.05) is 19.6 Å². The Labute approximate surface area is 268 Å². The van der Waals surface area contributed by atoms with Crippen LogP contribution in [0.4, 0.5) is 0 Å². The average molecular weight is 646 g/mol. The van der Waals surface area contributed by atoms with Crippen LogP contribution in [0.1, 0.15) is 57.9 Å². The third kappa shape index (κ3) is 15.4. The van der Waals surface area contributed by atoms with Crippen molar-refractivity contribution in [2.24, 2.45) is 51.6 Å². The zero-order chi connectivity index (χ0) is 34.8. The minimum atomic E-state index is -1.30. The highest BCUT2D eigenvalue weighted by atomic mass is 16.4. The van der Waals surface area contributed by atoms with Gasteiger partial charge < -0.3 is 38.7 Å². The van der Waals surface area contributed by atoms with E-state index in [0.29, 0.717) is 6.42 Å². The molecule has 1 rings (SSSR count). The minimum absolute atomic E-state index is 0.108. The Bertz CT molecular complexity index is 1250. The lowest BCUT2D eigenvalue weighted by atomic mass is 9.88. The molecule has 46 heavy (non-hydrogen) atoms. The van der Waals surface area contributed by atoms with E-state index in [-0.39, 0.29) is 56.4 Å². The van der Waals surface area contributed by atoms with Gasteiger partial charge in [0.15, 0.2) is 17.5 Å². The number of ketones is 3. The lowest BCUT2D eigenvalue weighted by molar-refractivity contribution is -0.141. The van der Waals surface area contributed by atoms with Crippen LogP contribution in [0, 0.1) is 23.7 Å². The van der Waals surface area contributed by atoms with Gasteiger partial charge in [0, 0.05) is 37.6 Å². The van der Waals surface area contributed by atoms with Crippen LogP contribution in [0.3, 0.4) is 0 Å². The fourth-order valence-corrected chi connectivity index (χ4v) is 4.81. The predicted molar refractivity (Wildman–Crippen MR) is 170 cm³/mol. The van der Waals surface area contributed by atoms with Crippen molar-refractivity contribution >= 4 is 47.0 Å². The van der Waals surface area contributed by atoms with E-state index in [1.54, 1.807) is 13.8 Å². The number of carboxylic acids is 1. The van der Waals surface area contributed by atoms with Gasteiger partial charge in [-0.1, -0.05) is 44.2 Å². The molecule has 0 unspecified atom stereocenters. The number of amides is 3. The summed E-state index contributed by atoms with van der Waals surface area (Å²) in [6.07, 6.45) is -0.781. The molecule has 0 aromatic heterocycles. The van der Waals surface area contributed by atoms with Crippen LogP contribution in [0.5, 0.6) is 0 Å². The first-order valence-corrected chi connectivity index (χ1v) is 15.1. The van der Waals surface area contributed by atoms with Gasteiger partial charge in [-0.25, -0.2) is 0 Å². The molecule has 4 atom stereocenters. The van der Waals surface area contributed by atoms with Gasteiger partial charge in [-0.3, -0.25) is 38.6 Å². The number of primary amides is 1. The number of carbonyl (C=O) groups is 7. The van der Waals surface area contributed by atoms with E-state index in [2.05, 4.69) is 15.6 Å². The molecule has 3 amide bonds. The summed E-state index contributed by atoms with van der Waals surface area (Å²) in [7, 11) is 0. The number of nitrogens with one attached hydrogen (secondary N) is 2. The summed E-state index contributed by atoms with van der Waals surface area (Å²) in [5.74, 6) is -8.20. The molecule has 0 aliphatic carbocycles.